The van der Waals surface area contributed by atoms with Crippen LogP contribution in [0.25, 0.3) is 21.9 Å². The molecule has 0 unspecified atom stereocenters. The first-order valence-electron chi connectivity index (χ1n) is 13.4. The molecule has 4 aromatic rings. The van der Waals surface area contributed by atoms with Crippen molar-refractivity contribution in [1.82, 2.24) is 0 Å². The van der Waals surface area contributed by atoms with Crippen LogP contribution >= 0.6 is 0 Å². The van der Waals surface area contributed by atoms with E-state index >= 15 is 8.78 Å². The van der Waals surface area contributed by atoms with Crippen molar-refractivity contribution < 1.29 is 39.9 Å². The fraction of sp³-hybridized carbons (Fsp3) is 0.312. The zero-order chi connectivity index (χ0) is 29.5. The van der Waals surface area contributed by atoms with Crippen molar-refractivity contribution in [2.45, 2.75) is 57.5 Å². The van der Waals surface area contributed by atoms with E-state index in [-0.39, 0.29) is 23.1 Å². The largest absolute Gasteiger partial charge is 0.429 e. The van der Waals surface area contributed by atoms with E-state index in [0.717, 1.165) is 43.2 Å². The van der Waals surface area contributed by atoms with E-state index in [1.807, 2.05) is 12.1 Å². The van der Waals surface area contributed by atoms with Gasteiger partial charge >= 0.3 is 6.11 Å². The van der Waals surface area contributed by atoms with E-state index < -0.39 is 57.7 Å². The predicted octanol–water partition coefficient (Wildman–Crippen LogP) is 10.5. The summed E-state index contributed by atoms with van der Waals surface area (Å²) in [5.74, 6) is -10.7. The van der Waals surface area contributed by atoms with E-state index in [2.05, 4.69) is 11.7 Å². The van der Waals surface area contributed by atoms with Crippen LogP contribution in [0.2, 0.25) is 0 Å². The minimum atomic E-state index is -4.64. The molecule has 0 aliphatic heterocycles. The lowest BCUT2D eigenvalue weighted by Crippen LogP contribution is -2.24. The third-order valence-electron chi connectivity index (χ3n) is 7.88. The van der Waals surface area contributed by atoms with E-state index in [1.54, 1.807) is 12.1 Å². The summed E-state index contributed by atoms with van der Waals surface area (Å²) >= 11 is 0. The second kappa shape index (κ2) is 11.3. The average molecular weight is 579 g/mol. The van der Waals surface area contributed by atoms with Crippen molar-refractivity contribution in [1.29, 1.82) is 0 Å². The maximum Gasteiger partial charge on any atom is 0.429 e. The molecule has 0 heterocycles. The van der Waals surface area contributed by atoms with Crippen molar-refractivity contribution in [2.75, 3.05) is 0 Å². The summed E-state index contributed by atoms with van der Waals surface area (Å²) in [5, 5.41) is -1.22. The lowest BCUT2D eigenvalue weighted by atomic mass is 9.77. The van der Waals surface area contributed by atoms with Crippen LogP contribution in [0.1, 0.15) is 62.5 Å². The van der Waals surface area contributed by atoms with Crippen molar-refractivity contribution in [2.24, 2.45) is 5.92 Å². The van der Waals surface area contributed by atoms with Crippen LogP contribution in [-0.2, 0) is 6.11 Å². The molecule has 1 fully saturated rings. The van der Waals surface area contributed by atoms with Gasteiger partial charge in [0.15, 0.2) is 29.1 Å². The molecule has 41 heavy (non-hydrogen) atoms. The summed E-state index contributed by atoms with van der Waals surface area (Å²) in [5.41, 5.74) is -0.138. The molecule has 9 heteroatoms. The monoisotopic (exact) mass is 578 g/mol. The molecule has 0 bridgehead atoms. The number of fused-ring (bicyclic) bond motifs is 1. The molecule has 0 amide bonds. The molecular formula is C32H26F8O. The van der Waals surface area contributed by atoms with Crippen LogP contribution in [0.3, 0.4) is 0 Å². The van der Waals surface area contributed by atoms with Gasteiger partial charge in [-0.15, -0.1) is 0 Å². The zero-order valence-electron chi connectivity index (χ0n) is 22.0. The molecule has 0 aromatic heterocycles. The second-order valence-corrected chi connectivity index (χ2v) is 10.5. The highest BCUT2D eigenvalue weighted by Crippen LogP contribution is 2.41. The Morgan fingerprint density at radius 3 is 1.98 bits per heavy atom. The molecule has 0 radical (unpaired) electrons. The molecule has 5 rings (SSSR count). The first-order valence-corrected chi connectivity index (χ1v) is 13.4. The molecule has 0 atom stereocenters. The van der Waals surface area contributed by atoms with Crippen molar-refractivity contribution in [3.8, 4) is 16.9 Å². The Bertz CT molecular complexity index is 1550. The first-order chi connectivity index (χ1) is 19.5. The highest BCUT2D eigenvalue weighted by molar-refractivity contribution is 5.89. The van der Waals surface area contributed by atoms with Crippen molar-refractivity contribution >= 4 is 10.8 Å². The SMILES string of the molecule is CCCC1CCC(c2ccc(-c3ccc4cc(C(F)(F)Oc5cc(F)c(F)c(F)c5)c(F)c(F)c4c3F)cc2)CC1. The molecule has 0 spiro atoms. The van der Waals surface area contributed by atoms with Gasteiger partial charge in [0.2, 0.25) is 0 Å². The van der Waals surface area contributed by atoms with Crippen LogP contribution < -0.4 is 4.74 Å². The highest BCUT2D eigenvalue weighted by Gasteiger charge is 2.40. The smallest absolute Gasteiger partial charge is 0.429 e. The summed E-state index contributed by atoms with van der Waals surface area (Å²) in [4.78, 5) is 0. The molecule has 1 aliphatic rings. The van der Waals surface area contributed by atoms with E-state index in [0.29, 0.717) is 17.5 Å². The highest BCUT2D eigenvalue weighted by atomic mass is 19.3. The normalized spacial score (nSPS) is 17.7. The zero-order valence-corrected chi connectivity index (χ0v) is 22.0. The van der Waals surface area contributed by atoms with Gasteiger partial charge in [0.25, 0.3) is 0 Å². The average Bonchev–Trinajstić information content (AvgIpc) is 2.94. The Morgan fingerprint density at radius 1 is 0.732 bits per heavy atom. The Morgan fingerprint density at radius 2 is 1.37 bits per heavy atom. The number of hydrogen-bond donors (Lipinski definition) is 0. The first kappa shape index (κ1) is 28.9. The topological polar surface area (TPSA) is 9.23 Å². The van der Waals surface area contributed by atoms with E-state index in [4.69, 9.17) is 0 Å². The van der Waals surface area contributed by atoms with Gasteiger partial charge < -0.3 is 4.74 Å². The maximum atomic E-state index is 15.5. The van der Waals surface area contributed by atoms with Gasteiger partial charge in [-0.3, -0.25) is 0 Å². The molecule has 1 aliphatic carbocycles. The molecule has 0 N–H and O–H groups in total. The molecule has 216 valence electrons. The number of hydrogen-bond acceptors (Lipinski definition) is 1. The minimum Gasteiger partial charge on any atom is -0.429 e. The third kappa shape index (κ3) is 5.63. The predicted molar refractivity (Wildman–Crippen MR) is 140 cm³/mol. The number of halogens is 8. The summed E-state index contributed by atoms with van der Waals surface area (Å²) in [6, 6.07) is 10.4. The minimum absolute atomic E-state index is 0.0398. The van der Waals surface area contributed by atoms with Gasteiger partial charge in [0, 0.05) is 17.7 Å². The Balaban J connectivity index is 1.43. The van der Waals surface area contributed by atoms with Gasteiger partial charge in [-0.1, -0.05) is 56.2 Å². The number of alkyl halides is 2. The quantitative estimate of drug-likeness (QED) is 0.157. The molecule has 1 nitrogen and oxygen atoms in total. The van der Waals surface area contributed by atoms with Gasteiger partial charge in [0.1, 0.15) is 17.1 Å². The Labute approximate surface area is 231 Å². The fourth-order valence-corrected chi connectivity index (χ4v) is 5.74. The molecular weight excluding hydrogens is 552 g/mol. The lowest BCUT2D eigenvalue weighted by molar-refractivity contribution is -0.187. The molecule has 4 aromatic carbocycles. The van der Waals surface area contributed by atoms with Crippen LogP contribution in [0, 0.1) is 40.8 Å². The lowest BCUT2D eigenvalue weighted by Gasteiger charge is -2.28. The summed E-state index contributed by atoms with van der Waals surface area (Å²) in [6.07, 6.45) is 2.21. The molecule has 1 saturated carbocycles. The number of ether oxygens (including phenoxy) is 1. The maximum absolute atomic E-state index is 15.5. The third-order valence-corrected chi connectivity index (χ3v) is 7.88. The summed E-state index contributed by atoms with van der Waals surface area (Å²) < 4.78 is 119. The van der Waals surface area contributed by atoms with Crippen molar-refractivity contribution in [3.63, 3.8) is 0 Å². The van der Waals surface area contributed by atoms with Crippen LogP contribution in [-0.4, -0.2) is 0 Å². The standard InChI is InChI=1S/C32H26F8O/c1-2-3-17-4-6-18(7-5-17)19-8-10-20(11-9-19)23-13-12-21-14-24(29(36)31(38)27(21)28(23)35)32(39,40)41-22-15-25(33)30(37)26(34)16-22/h8-18H,2-7H2,1H3. The summed E-state index contributed by atoms with van der Waals surface area (Å²) in [6.45, 7) is 2.18. The Kier molecular flexibility index (Phi) is 7.99. The van der Waals surface area contributed by atoms with Gasteiger partial charge in [-0.25, -0.2) is 26.3 Å². The Hall–Kier alpha value is -3.62. The van der Waals surface area contributed by atoms with Crippen LogP contribution in [0.15, 0.2) is 54.6 Å². The fourth-order valence-electron chi connectivity index (χ4n) is 5.74. The van der Waals surface area contributed by atoms with Crippen LogP contribution in [0.5, 0.6) is 5.75 Å². The van der Waals surface area contributed by atoms with Crippen LogP contribution in [0.4, 0.5) is 35.1 Å². The molecule has 0 saturated heterocycles. The van der Waals surface area contributed by atoms with Gasteiger partial charge in [0.05, 0.1) is 5.39 Å². The van der Waals surface area contributed by atoms with Gasteiger partial charge in [-0.2, -0.15) is 8.78 Å². The van der Waals surface area contributed by atoms with Crippen molar-refractivity contribution in [3.05, 3.63) is 101 Å². The van der Waals surface area contributed by atoms with E-state index in [1.165, 1.54) is 18.9 Å². The second-order valence-electron chi connectivity index (χ2n) is 10.5. The van der Waals surface area contributed by atoms with Gasteiger partial charge in [-0.05, 0) is 60.1 Å². The summed E-state index contributed by atoms with van der Waals surface area (Å²) in [7, 11) is 0. The number of benzene rings is 4. The van der Waals surface area contributed by atoms with E-state index in [9.17, 15) is 26.3 Å². The number of rotatable bonds is 7.